The summed E-state index contributed by atoms with van der Waals surface area (Å²) in [7, 11) is 1.99. The SMILES string of the molecule is CN1CCN(Cc2cc(Oc3ccnc(N)n3)c(N)cc2C(F)(F)F)CC1. The molecule has 146 valence electrons. The van der Waals surface area contributed by atoms with Crippen LogP contribution in [-0.2, 0) is 12.7 Å². The Morgan fingerprint density at radius 1 is 1.15 bits per heavy atom. The molecule has 1 aliphatic rings. The Morgan fingerprint density at radius 2 is 1.85 bits per heavy atom. The van der Waals surface area contributed by atoms with E-state index in [-0.39, 0.29) is 35.4 Å². The monoisotopic (exact) mass is 382 g/mol. The molecule has 0 unspecified atom stereocenters. The summed E-state index contributed by atoms with van der Waals surface area (Å²) in [6.07, 6.45) is -3.11. The molecule has 0 radical (unpaired) electrons. The average Bonchev–Trinajstić information content (AvgIpc) is 2.58. The van der Waals surface area contributed by atoms with Crippen molar-refractivity contribution >= 4 is 11.6 Å². The van der Waals surface area contributed by atoms with Crippen molar-refractivity contribution in [3.05, 3.63) is 35.5 Å². The lowest BCUT2D eigenvalue weighted by atomic mass is 10.0. The number of benzene rings is 1. The molecular formula is C17H21F3N6O. The maximum absolute atomic E-state index is 13.5. The van der Waals surface area contributed by atoms with E-state index in [1.165, 1.54) is 18.3 Å². The predicted molar refractivity (Wildman–Crippen MR) is 95.1 cm³/mol. The third-order valence-electron chi connectivity index (χ3n) is 4.39. The van der Waals surface area contributed by atoms with Crippen LogP contribution in [0, 0.1) is 0 Å². The molecule has 1 aromatic heterocycles. The van der Waals surface area contributed by atoms with Crippen LogP contribution in [0.25, 0.3) is 0 Å². The number of aromatic nitrogens is 2. The summed E-state index contributed by atoms with van der Waals surface area (Å²) in [5.41, 5.74) is 10.5. The number of hydrogen-bond acceptors (Lipinski definition) is 7. The van der Waals surface area contributed by atoms with E-state index in [9.17, 15) is 13.2 Å². The highest BCUT2D eigenvalue weighted by Crippen LogP contribution is 2.38. The minimum absolute atomic E-state index is 0.00403. The molecule has 2 aromatic rings. The molecule has 0 aliphatic carbocycles. The van der Waals surface area contributed by atoms with Crippen molar-refractivity contribution in [1.29, 1.82) is 0 Å². The zero-order valence-electron chi connectivity index (χ0n) is 14.8. The number of piperazine rings is 1. The average molecular weight is 382 g/mol. The fourth-order valence-electron chi connectivity index (χ4n) is 2.89. The Morgan fingerprint density at radius 3 is 2.48 bits per heavy atom. The fourth-order valence-corrected chi connectivity index (χ4v) is 2.89. The van der Waals surface area contributed by atoms with E-state index >= 15 is 0 Å². The lowest BCUT2D eigenvalue weighted by Crippen LogP contribution is -2.44. The third-order valence-corrected chi connectivity index (χ3v) is 4.39. The maximum atomic E-state index is 13.5. The van der Waals surface area contributed by atoms with E-state index in [1.54, 1.807) is 0 Å². The van der Waals surface area contributed by atoms with E-state index in [0.717, 1.165) is 19.2 Å². The molecule has 2 heterocycles. The van der Waals surface area contributed by atoms with Gasteiger partial charge in [-0.2, -0.15) is 18.2 Å². The van der Waals surface area contributed by atoms with Crippen molar-refractivity contribution in [2.45, 2.75) is 12.7 Å². The molecule has 0 saturated carbocycles. The van der Waals surface area contributed by atoms with Crippen molar-refractivity contribution in [3.63, 3.8) is 0 Å². The number of hydrogen-bond donors (Lipinski definition) is 2. The highest BCUT2D eigenvalue weighted by atomic mass is 19.4. The van der Waals surface area contributed by atoms with Crippen molar-refractivity contribution in [3.8, 4) is 11.6 Å². The molecule has 3 rings (SSSR count). The summed E-state index contributed by atoms with van der Waals surface area (Å²) < 4.78 is 46.0. The van der Waals surface area contributed by atoms with Gasteiger partial charge in [0, 0.05) is 45.0 Å². The van der Waals surface area contributed by atoms with Crippen LogP contribution >= 0.6 is 0 Å². The van der Waals surface area contributed by atoms with Gasteiger partial charge in [0.15, 0.2) is 5.75 Å². The van der Waals surface area contributed by atoms with Crippen molar-refractivity contribution in [2.24, 2.45) is 0 Å². The Hall–Kier alpha value is -2.59. The van der Waals surface area contributed by atoms with Gasteiger partial charge >= 0.3 is 6.18 Å². The van der Waals surface area contributed by atoms with Crippen LogP contribution in [0.4, 0.5) is 24.8 Å². The van der Waals surface area contributed by atoms with Gasteiger partial charge in [0.05, 0.1) is 11.3 Å². The lowest BCUT2D eigenvalue weighted by Gasteiger charge is -2.33. The van der Waals surface area contributed by atoms with Gasteiger partial charge in [-0.15, -0.1) is 0 Å². The Labute approximate surface area is 154 Å². The largest absolute Gasteiger partial charge is 0.437 e. The first-order valence-electron chi connectivity index (χ1n) is 8.39. The quantitative estimate of drug-likeness (QED) is 0.783. The first kappa shape index (κ1) is 19.2. The second-order valence-electron chi connectivity index (χ2n) is 6.48. The van der Waals surface area contributed by atoms with Gasteiger partial charge in [0.25, 0.3) is 0 Å². The number of nitrogens with zero attached hydrogens (tertiary/aromatic N) is 4. The lowest BCUT2D eigenvalue weighted by molar-refractivity contribution is -0.138. The number of alkyl halides is 3. The second-order valence-corrected chi connectivity index (χ2v) is 6.48. The van der Waals surface area contributed by atoms with Gasteiger partial charge in [-0.25, -0.2) is 4.98 Å². The summed E-state index contributed by atoms with van der Waals surface area (Å²) in [6.45, 7) is 3.15. The molecule has 7 nitrogen and oxygen atoms in total. The Kier molecular flexibility index (Phi) is 5.38. The normalized spacial score (nSPS) is 16.4. The number of rotatable bonds is 4. The molecule has 0 amide bonds. The number of halogens is 3. The molecule has 1 saturated heterocycles. The molecular weight excluding hydrogens is 361 g/mol. The minimum Gasteiger partial charge on any atom is -0.437 e. The highest BCUT2D eigenvalue weighted by Gasteiger charge is 2.35. The van der Waals surface area contributed by atoms with Crippen LogP contribution in [0.5, 0.6) is 11.6 Å². The van der Waals surface area contributed by atoms with Gasteiger partial charge in [-0.05, 0) is 24.7 Å². The summed E-state index contributed by atoms with van der Waals surface area (Å²) in [5, 5.41) is 0. The first-order valence-corrected chi connectivity index (χ1v) is 8.39. The van der Waals surface area contributed by atoms with Gasteiger partial charge in [-0.3, -0.25) is 4.90 Å². The molecule has 1 aromatic carbocycles. The van der Waals surface area contributed by atoms with Crippen LogP contribution in [0.15, 0.2) is 24.4 Å². The molecule has 0 spiro atoms. The zero-order valence-corrected chi connectivity index (χ0v) is 14.8. The Balaban J connectivity index is 1.91. The molecule has 27 heavy (non-hydrogen) atoms. The van der Waals surface area contributed by atoms with Gasteiger partial charge in [0.2, 0.25) is 11.8 Å². The van der Waals surface area contributed by atoms with Crippen molar-refractivity contribution in [1.82, 2.24) is 19.8 Å². The first-order chi connectivity index (χ1) is 12.7. The van der Waals surface area contributed by atoms with Crippen LogP contribution in [0.2, 0.25) is 0 Å². The molecule has 0 bridgehead atoms. The third kappa shape index (κ3) is 4.77. The van der Waals surface area contributed by atoms with Crippen LogP contribution in [0.3, 0.4) is 0 Å². The number of anilines is 2. The van der Waals surface area contributed by atoms with Gasteiger partial charge in [0.1, 0.15) is 0 Å². The van der Waals surface area contributed by atoms with E-state index in [0.29, 0.717) is 13.1 Å². The van der Waals surface area contributed by atoms with Crippen LogP contribution in [0.1, 0.15) is 11.1 Å². The Bertz CT molecular complexity index is 806. The standard InChI is InChI=1S/C17H21F3N6O/c1-25-4-6-26(7-5-25)10-11-8-14(13(21)9-12(11)17(18,19)20)27-15-2-3-23-16(22)24-15/h2-3,8-9H,4-7,10,21H2,1H3,(H2,22,23,24). The number of likely N-dealkylation sites (N-methyl/N-ethyl adjacent to an activating group) is 1. The van der Waals surface area contributed by atoms with Gasteiger partial charge < -0.3 is 21.1 Å². The zero-order chi connectivity index (χ0) is 19.6. The second kappa shape index (κ2) is 7.57. The van der Waals surface area contributed by atoms with E-state index in [1.807, 2.05) is 11.9 Å². The van der Waals surface area contributed by atoms with Gasteiger partial charge in [-0.1, -0.05) is 0 Å². The van der Waals surface area contributed by atoms with Crippen molar-refractivity contribution < 1.29 is 17.9 Å². The summed E-state index contributed by atoms with van der Waals surface area (Å²) in [5.74, 6) is 0.209. The molecule has 4 N–H and O–H groups in total. The smallest absolute Gasteiger partial charge is 0.416 e. The molecule has 0 atom stereocenters. The highest BCUT2D eigenvalue weighted by molar-refractivity contribution is 5.58. The van der Waals surface area contributed by atoms with E-state index in [2.05, 4.69) is 14.9 Å². The van der Waals surface area contributed by atoms with Crippen LogP contribution in [-0.4, -0.2) is 53.0 Å². The maximum Gasteiger partial charge on any atom is 0.416 e. The topological polar surface area (TPSA) is 93.5 Å². The number of nitrogens with two attached hydrogens (primary N) is 2. The minimum atomic E-state index is -4.51. The fraction of sp³-hybridized carbons (Fsp3) is 0.412. The molecule has 1 fully saturated rings. The summed E-state index contributed by atoms with van der Waals surface area (Å²) in [6, 6.07) is 3.69. The van der Waals surface area contributed by atoms with Crippen molar-refractivity contribution in [2.75, 3.05) is 44.7 Å². The summed E-state index contributed by atoms with van der Waals surface area (Å²) in [4.78, 5) is 11.7. The predicted octanol–water partition coefficient (Wildman–Crippen LogP) is 2.20. The molecule has 10 heteroatoms. The summed E-state index contributed by atoms with van der Waals surface area (Å²) >= 11 is 0. The number of ether oxygens (including phenoxy) is 1. The van der Waals surface area contributed by atoms with E-state index < -0.39 is 11.7 Å². The molecule has 1 aliphatic heterocycles. The number of nitrogen functional groups attached to an aromatic ring is 2. The van der Waals surface area contributed by atoms with Crippen LogP contribution < -0.4 is 16.2 Å². The van der Waals surface area contributed by atoms with E-state index in [4.69, 9.17) is 16.2 Å².